The van der Waals surface area contributed by atoms with Crippen LogP contribution in [-0.2, 0) is 4.79 Å². The molecule has 0 heterocycles. The molecule has 1 rings (SSSR count). The minimum Gasteiger partial charge on any atom is -0.324 e. The molecule has 0 aliphatic heterocycles. The van der Waals surface area contributed by atoms with Crippen LogP contribution in [0.25, 0.3) is 0 Å². The molecule has 1 aromatic rings. The van der Waals surface area contributed by atoms with Crippen molar-refractivity contribution < 1.29 is 9.18 Å². The van der Waals surface area contributed by atoms with Gasteiger partial charge < -0.3 is 5.32 Å². The van der Waals surface area contributed by atoms with Gasteiger partial charge in [0.05, 0.1) is 10.7 Å². The fourth-order valence-corrected chi connectivity index (χ4v) is 2.47. The number of carbonyl (C=O) groups is 1. The van der Waals surface area contributed by atoms with Crippen molar-refractivity contribution >= 4 is 39.1 Å². The maximum Gasteiger partial charge on any atom is 0.224 e. The summed E-state index contributed by atoms with van der Waals surface area (Å²) in [4.78, 5) is 11.7. The van der Waals surface area contributed by atoms with E-state index in [-0.39, 0.29) is 10.9 Å². The van der Waals surface area contributed by atoms with Gasteiger partial charge in [0.1, 0.15) is 5.82 Å². The number of halogens is 3. The lowest BCUT2D eigenvalue weighted by Gasteiger charge is -2.09. The highest BCUT2D eigenvalue weighted by molar-refractivity contribution is 9.10. The predicted molar refractivity (Wildman–Crippen MR) is 76.5 cm³/mol. The maximum atomic E-state index is 13.0. The summed E-state index contributed by atoms with van der Waals surface area (Å²) >= 11 is 9.06. The number of benzene rings is 1. The van der Waals surface area contributed by atoms with E-state index in [1.54, 1.807) is 0 Å². The van der Waals surface area contributed by atoms with E-state index in [1.807, 2.05) is 0 Å². The van der Waals surface area contributed by atoms with Crippen LogP contribution in [0.15, 0.2) is 16.6 Å². The third-order valence-electron chi connectivity index (χ3n) is 2.53. The number of carbonyl (C=O) groups excluding carboxylic acids is 1. The van der Waals surface area contributed by atoms with Crippen molar-refractivity contribution in [3.63, 3.8) is 0 Å². The van der Waals surface area contributed by atoms with Crippen LogP contribution < -0.4 is 5.32 Å². The smallest absolute Gasteiger partial charge is 0.224 e. The number of nitrogens with one attached hydrogen (secondary N) is 1. The van der Waals surface area contributed by atoms with E-state index in [9.17, 15) is 9.18 Å². The van der Waals surface area contributed by atoms with Crippen molar-refractivity contribution in [3.05, 3.63) is 27.4 Å². The van der Waals surface area contributed by atoms with E-state index in [0.717, 1.165) is 25.7 Å². The quantitative estimate of drug-likeness (QED) is 0.715. The number of unbranched alkanes of at least 4 members (excludes halogenated alkanes) is 3. The Balaban J connectivity index is 2.54. The Labute approximate surface area is 120 Å². The summed E-state index contributed by atoms with van der Waals surface area (Å²) in [6.07, 6.45) is 4.63. The van der Waals surface area contributed by atoms with Gasteiger partial charge in [-0.3, -0.25) is 4.79 Å². The van der Waals surface area contributed by atoms with Gasteiger partial charge in [-0.15, -0.1) is 0 Å². The standard InChI is InChI=1S/C13H16BrClFNO/c1-2-3-4-5-6-12(18)17-13-10(14)7-9(16)8-11(13)15/h7-8H,2-6H2,1H3,(H,17,18). The first-order chi connectivity index (χ1) is 8.54. The van der Waals surface area contributed by atoms with Crippen molar-refractivity contribution in [2.45, 2.75) is 39.0 Å². The van der Waals surface area contributed by atoms with Crippen molar-refractivity contribution in [1.29, 1.82) is 0 Å². The second kappa shape index (κ2) is 7.74. The van der Waals surface area contributed by atoms with Gasteiger partial charge in [-0.1, -0.05) is 37.8 Å². The molecule has 0 aliphatic carbocycles. The second-order valence-corrected chi connectivity index (χ2v) is 5.36. The average molecular weight is 337 g/mol. The number of hydrogen-bond donors (Lipinski definition) is 1. The second-order valence-electron chi connectivity index (χ2n) is 4.10. The number of amides is 1. The summed E-state index contributed by atoms with van der Waals surface area (Å²) in [6, 6.07) is 2.46. The fourth-order valence-electron chi connectivity index (χ4n) is 1.58. The zero-order chi connectivity index (χ0) is 13.5. The molecule has 1 aromatic carbocycles. The molecule has 5 heteroatoms. The molecule has 0 saturated carbocycles. The van der Waals surface area contributed by atoms with Crippen LogP contribution in [0.5, 0.6) is 0 Å². The van der Waals surface area contributed by atoms with E-state index >= 15 is 0 Å². The molecule has 100 valence electrons. The Morgan fingerprint density at radius 2 is 2.11 bits per heavy atom. The summed E-state index contributed by atoms with van der Waals surface area (Å²) in [5.74, 6) is -0.534. The highest BCUT2D eigenvalue weighted by atomic mass is 79.9. The molecule has 2 nitrogen and oxygen atoms in total. The zero-order valence-electron chi connectivity index (χ0n) is 10.2. The molecule has 0 atom stereocenters. The molecule has 0 radical (unpaired) electrons. The maximum absolute atomic E-state index is 13.0. The Morgan fingerprint density at radius 1 is 1.39 bits per heavy atom. The third kappa shape index (κ3) is 4.94. The van der Waals surface area contributed by atoms with Crippen LogP contribution in [0.1, 0.15) is 39.0 Å². The van der Waals surface area contributed by atoms with Crippen LogP contribution in [-0.4, -0.2) is 5.91 Å². The van der Waals surface area contributed by atoms with E-state index in [0.29, 0.717) is 16.6 Å². The Morgan fingerprint density at radius 3 is 2.72 bits per heavy atom. The molecule has 0 unspecified atom stereocenters. The summed E-state index contributed by atoms with van der Waals surface area (Å²) in [7, 11) is 0. The molecule has 0 spiro atoms. The lowest BCUT2D eigenvalue weighted by atomic mass is 10.1. The van der Waals surface area contributed by atoms with E-state index in [2.05, 4.69) is 28.2 Å². The minimum atomic E-state index is -0.437. The van der Waals surface area contributed by atoms with Crippen LogP contribution in [0.3, 0.4) is 0 Å². The van der Waals surface area contributed by atoms with Crippen molar-refractivity contribution in [1.82, 2.24) is 0 Å². The number of anilines is 1. The highest BCUT2D eigenvalue weighted by Gasteiger charge is 2.11. The lowest BCUT2D eigenvalue weighted by molar-refractivity contribution is -0.116. The molecular formula is C13H16BrClFNO. The first-order valence-corrected chi connectivity index (χ1v) is 7.16. The van der Waals surface area contributed by atoms with Gasteiger partial charge >= 0.3 is 0 Å². The topological polar surface area (TPSA) is 29.1 Å². The van der Waals surface area contributed by atoms with Crippen molar-refractivity contribution in [3.8, 4) is 0 Å². The van der Waals surface area contributed by atoms with Gasteiger partial charge in [-0.05, 0) is 34.5 Å². The van der Waals surface area contributed by atoms with Crippen LogP contribution in [0.4, 0.5) is 10.1 Å². The molecule has 0 aromatic heterocycles. The molecule has 1 N–H and O–H groups in total. The predicted octanol–water partition coefficient (Wildman–Crippen LogP) is 5.15. The van der Waals surface area contributed by atoms with Gasteiger partial charge in [-0.2, -0.15) is 0 Å². The van der Waals surface area contributed by atoms with Gasteiger partial charge in [0, 0.05) is 10.9 Å². The molecule has 0 saturated heterocycles. The lowest BCUT2D eigenvalue weighted by Crippen LogP contribution is -2.12. The average Bonchev–Trinajstić information content (AvgIpc) is 2.29. The molecular weight excluding hydrogens is 321 g/mol. The Bertz CT molecular complexity index is 402. The fraction of sp³-hybridized carbons (Fsp3) is 0.462. The normalized spacial score (nSPS) is 10.4. The first-order valence-electron chi connectivity index (χ1n) is 5.99. The van der Waals surface area contributed by atoms with Gasteiger partial charge in [-0.25, -0.2) is 4.39 Å². The van der Waals surface area contributed by atoms with Gasteiger partial charge in [0.15, 0.2) is 0 Å². The van der Waals surface area contributed by atoms with Crippen molar-refractivity contribution in [2.75, 3.05) is 5.32 Å². The molecule has 18 heavy (non-hydrogen) atoms. The van der Waals surface area contributed by atoms with Crippen molar-refractivity contribution in [2.24, 2.45) is 0 Å². The largest absolute Gasteiger partial charge is 0.324 e. The van der Waals surface area contributed by atoms with Crippen LogP contribution in [0.2, 0.25) is 5.02 Å². The van der Waals surface area contributed by atoms with Gasteiger partial charge in [0.2, 0.25) is 5.91 Å². The SMILES string of the molecule is CCCCCCC(=O)Nc1c(Cl)cc(F)cc1Br. The monoisotopic (exact) mass is 335 g/mol. The third-order valence-corrected chi connectivity index (χ3v) is 3.45. The molecule has 0 bridgehead atoms. The number of rotatable bonds is 6. The zero-order valence-corrected chi connectivity index (χ0v) is 12.6. The van der Waals surface area contributed by atoms with Gasteiger partial charge in [0.25, 0.3) is 0 Å². The minimum absolute atomic E-state index is 0.0969. The summed E-state index contributed by atoms with van der Waals surface area (Å²) in [6.45, 7) is 2.12. The van der Waals surface area contributed by atoms with E-state index in [1.165, 1.54) is 12.1 Å². The molecule has 0 aliphatic rings. The molecule has 0 fully saturated rings. The Kier molecular flexibility index (Phi) is 6.65. The van der Waals surface area contributed by atoms with Crippen LogP contribution >= 0.6 is 27.5 Å². The van der Waals surface area contributed by atoms with E-state index in [4.69, 9.17) is 11.6 Å². The summed E-state index contributed by atoms with van der Waals surface area (Å²) < 4.78 is 13.5. The van der Waals surface area contributed by atoms with E-state index < -0.39 is 5.82 Å². The summed E-state index contributed by atoms with van der Waals surface area (Å²) in [5, 5.41) is 2.90. The highest BCUT2D eigenvalue weighted by Crippen LogP contribution is 2.31. The first kappa shape index (κ1) is 15.4. The number of hydrogen-bond acceptors (Lipinski definition) is 1. The Hall–Kier alpha value is -0.610. The molecule has 1 amide bonds. The van der Waals surface area contributed by atoms with Crippen LogP contribution in [0, 0.1) is 5.82 Å². The summed E-state index contributed by atoms with van der Waals surface area (Å²) in [5.41, 5.74) is 0.429.